The lowest BCUT2D eigenvalue weighted by atomic mass is 10.3. The van der Waals surface area contributed by atoms with Crippen molar-refractivity contribution in [1.29, 1.82) is 0 Å². The topological polar surface area (TPSA) is 42.6 Å². The van der Waals surface area contributed by atoms with Gasteiger partial charge in [0.25, 0.3) is 0 Å². The summed E-state index contributed by atoms with van der Waals surface area (Å²) in [4.78, 5) is 13.3. The maximum Gasteiger partial charge on any atom is 0.235 e. The summed E-state index contributed by atoms with van der Waals surface area (Å²) in [5.74, 6) is 0.568. The molecule has 0 N–H and O–H groups in total. The molecule has 0 saturated heterocycles. The highest BCUT2D eigenvalue weighted by molar-refractivity contribution is 6.28. The van der Waals surface area contributed by atoms with Crippen LogP contribution in [0, 0.1) is 0 Å². The van der Waals surface area contributed by atoms with Gasteiger partial charge in [0.05, 0.1) is 0 Å². The molecule has 0 aliphatic heterocycles. The Morgan fingerprint density at radius 1 is 1.73 bits per heavy atom. The maximum absolute atomic E-state index is 9.83. The second-order valence-corrected chi connectivity index (χ2v) is 2.41. The van der Waals surface area contributed by atoms with Crippen LogP contribution in [0.3, 0.4) is 0 Å². The van der Waals surface area contributed by atoms with E-state index in [9.17, 15) is 4.79 Å². The van der Waals surface area contributed by atoms with E-state index in [0.29, 0.717) is 11.0 Å². The average molecular weight is 172 g/mol. The Labute approximate surface area is 68.7 Å². The largest absolute Gasteiger partial charge is 0.447 e. The summed E-state index contributed by atoms with van der Waals surface area (Å²) < 4.78 is 4.99. The molecule has 0 spiro atoms. The zero-order valence-corrected chi connectivity index (χ0v) is 6.63. The number of halogens is 1. The van der Waals surface area contributed by atoms with Gasteiger partial charge in [0, 0.05) is 0 Å². The molecule has 0 fully saturated rings. The van der Waals surface area contributed by atoms with E-state index in [1.54, 1.807) is 19.1 Å². The number of isocyanates is 1. The van der Waals surface area contributed by atoms with Gasteiger partial charge in [-0.2, -0.15) is 4.99 Å². The Bertz CT molecular complexity index is 288. The predicted octanol–water partition coefficient (Wildman–Crippen LogP) is 2.33. The van der Waals surface area contributed by atoms with Crippen LogP contribution < -0.4 is 0 Å². The molecular formula is C7H6ClNO2. The molecule has 0 aliphatic carbocycles. The Balaban J connectivity index is 2.84. The molecule has 0 aromatic carbocycles. The van der Waals surface area contributed by atoms with Gasteiger partial charge < -0.3 is 4.42 Å². The van der Waals surface area contributed by atoms with Crippen LogP contribution in [0.2, 0.25) is 5.22 Å². The molecule has 1 heterocycles. The van der Waals surface area contributed by atoms with Crippen molar-refractivity contribution in [3.8, 4) is 0 Å². The lowest BCUT2D eigenvalue weighted by Crippen LogP contribution is -1.83. The quantitative estimate of drug-likeness (QED) is 0.506. The fraction of sp³-hybridized carbons (Fsp3) is 0.286. The van der Waals surface area contributed by atoms with Gasteiger partial charge in [0.2, 0.25) is 6.08 Å². The zero-order valence-electron chi connectivity index (χ0n) is 5.87. The van der Waals surface area contributed by atoms with Crippen LogP contribution >= 0.6 is 11.6 Å². The van der Waals surface area contributed by atoms with Crippen LogP contribution in [0.5, 0.6) is 0 Å². The highest BCUT2D eigenvalue weighted by atomic mass is 35.5. The number of rotatable bonds is 2. The summed E-state index contributed by atoms with van der Waals surface area (Å²) in [7, 11) is 0. The van der Waals surface area contributed by atoms with E-state index in [0.717, 1.165) is 0 Å². The summed E-state index contributed by atoms with van der Waals surface area (Å²) in [5, 5.41) is 0.299. The number of hydrogen-bond acceptors (Lipinski definition) is 3. The van der Waals surface area contributed by atoms with E-state index in [1.807, 2.05) is 0 Å². The molecule has 0 aliphatic rings. The molecule has 1 rings (SSSR count). The van der Waals surface area contributed by atoms with E-state index in [2.05, 4.69) is 4.99 Å². The van der Waals surface area contributed by atoms with Gasteiger partial charge in [-0.1, -0.05) is 0 Å². The third kappa shape index (κ3) is 1.93. The molecule has 1 aromatic heterocycles. The van der Waals surface area contributed by atoms with E-state index in [1.165, 1.54) is 6.08 Å². The first-order chi connectivity index (χ1) is 5.24. The second-order valence-electron chi connectivity index (χ2n) is 2.04. The summed E-state index contributed by atoms with van der Waals surface area (Å²) in [6, 6.07) is 2.97. The van der Waals surface area contributed by atoms with Crippen LogP contribution in [0.15, 0.2) is 21.5 Å². The minimum Gasteiger partial charge on any atom is -0.447 e. The van der Waals surface area contributed by atoms with Crippen LogP contribution in [0.1, 0.15) is 18.7 Å². The van der Waals surface area contributed by atoms with Crippen LogP contribution in [-0.2, 0) is 4.79 Å². The minimum absolute atomic E-state index is 0.299. The standard InChI is InChI=1S/C7H6ClNO2/c1-5(9-4-10)6-2-3-7(8)11-6/h2-3,5H,1H3. The monoisotopic (exact) mass is 171 g/mol. The fourth-order valence-corrected chi connectivity index (χ4v) is 0.848. The van der Waals surface area contributed by atoms with Crippen molar-refractivity contribution in [3.63, 3.8) is 0 Å². The van der Waals surface area contributed by atoms with Crippen molar-refractivity contribution in [2.45, 2.75) is 13.0 Å². The van der Waals surface area contributed by atoms with E-state index >= 15 is 0 Å². The van der Waals surface area contributed by atoms with Crippen LogP contribution in [0.25, 0.3) is 0 Å². The number of hydrogen-bond donors (Lipinski definition) is 0. The van der Waals surface area contributed by atoms with Crippen molar-refractivity contribution < 1.29 is 9.21 Å². The van der Waals surface area contributed by atoms with Gasteiger partial charge >= 0.3 is 0 Å². The van der Waals surface area contributed by atoms with E-state index in [-0.39, 0.29) is 6.04 Å². The van der Waals surface area contributed by atoms with Crippen molar-refractivity contribution in [3.05, 3.63) is 23.1 Å². The second kappa shape index (κ2) is 3.37. The number of nitrogens with zero attached hydrogens (tertiary/aromatic N) is 1. The van der Waals surface area contributed by atoms with Gasteiger partial charge in [0.1, 0.15) is 11.8 Å². The number of furan rings is 1. The molecule has 0 radical (unpaired) electrons. The SMILES string of the molecule is CC(N=C=O)c1ccc(Cl)o1. The normalized spacial score (nSPS) is 12.2. The van der Waals surface area contributed by atoms with Crippen molar-refractivity contribution in [2.24, 2.45) is 4.99 Å². The Kier molecular flexibility index (Phi) is 2.47. The Morgan fingerprint density at radius 3 is 2.91 bits per heavy atom. The molecule has 58 valence electrons. The molecule has 4 heteroatoms. The van der Waals surface area contributed by atoms with Crippen LogP contribution in [-0.4, -0.2) is 6.08 Å². The highest BCUT2D eigenvalue weighted by Crippen LogP contribution is 2.21. The van der Waals surface area contributed by atoms with Crippen molar-refractivity contribution >= 4 is 17.7 Å². The van der Waals surface area contributed by atoms with Gasteiger partial charge in [-0.3, -0.25) is 0 Å². The first-order valence-corrected chi connectivity index (χ1v) is 3.44. The van der Waals surface area contributed by atoms with Crippen molar-refractivity contribution in [1.82, 2.24) is 0 Å². The molecule has 0 amide bonds. The molecular weight excluding hydrogens is 166 g/mol. The summed E-state index contributed by atoms with van der Waals surface area (Å²) in [5.41, 5.74) is 0. The van der Waals surface area contributed by atoms with Gasteiger partial charge in [-0.15, -0.1) is 0 Å². The molecule has 1 unspecified atom stereocenters. The highest BCUT2D eigenvalue weighted by Gasteiger charge is 2.07. The molecule has 1 aromatic rings. The predicted molar refractivity (Wildman–Crippen MR) is 40.3 cm³/mol. The smallest absolute Gasteiger partial charge is 0.235 e. The lowest BCUT2D eigenvalue weighted by molar-refractivity contribution is 0.479. The molecule has 0 bridgehead atoms. The van der Waals surface area contributed by atoms with Crippen molar-refractivity contribution in [2.75, 3.05) is 0 Å². The number of carbonyl (C=O) groups excluding carboxylic acids is 1. The van der Waals surface area contributed by atoms with Crippen LogP contribution in [0.4, 0.5) is 0 Å². The van der Waals surface area contributed by atoms with Gasteiger partial charge in [-0.25, -0.2) is 4.79 Å². The Hall–Kier alpha value is -1.05. The lowest BCUT2D eigenvalue weighted by Gasteiger charge is -1.95. The van der Waals surface area contributed by atoms with Gasteiger partial charge in [-0.05, 0) is 30.7 Å². The van der Waals surface area contributed by atoms with Gasteiger partial charge in [0.15, 0.2) is 5.22 Å². The molecule has 0 saturated carbocycles. The molecule has 1 atom stereocenters. The van der Waals surface area contributed by atoms with E-state index in [4.69, 9.17) is 16.0 Å². The molecule has 11 heavy (non-hydrogen) atoms. The third-order valence-corrected chi connectivity index (χ3v) is 1.46. The average Bonchev–Trinajstić information content (AvgIpc) is 2.36. The summed E-state index contributed by atoms with van der Waals surface area (Å²) >= 11 is 5.50. The third-order valence-electron chi connectivity index (χ3n) is 1.25. The molecule has 3 nitrogen and oxygen atoms in total. The van der Waals surface area contributed by atoms with E-state index < -0.39 is 0 Å². The number of aliphatic imine (C=N–C) groups is 1. The first kappa shape index (κ1) is 8.05. The Morgan fingerprint density at radius 2 is 2.45 bits per heavy atom. The maximum atomic E-state index is 9.83. The minimum atomic E-state index is -0.306. The first-order valence-electron chi connectivity index (χ1n) is 3.06. The summed E-state index contributed by atoms with van der Waals surface area (Å²) in [6.45, 7) is 1.72. The summed E-state index contributed by atoms with van der Waals surface area (Å²) in [6.07, 6.45) is 1.45. The zero-order chi connectivity index (χ0) is 8.27. The fourth-order valence-electron chi connectivity index (χ4n) is 0.695.